The van der Waals surface area contributed by atoms with Crippen LogP contribution in [-0.2, 0) is 0 Å². The highest BCUT2D eigenvalue weighted by molar-refractivity contribution is 5.39. The summed E-state index contributed by atoms with van der Waals surface area (Å²) >= 11 is 0. The van der Waals surface area contributed by atoms with Crippen molar-refractivity contribution >= 4 is 11.6 Å². The Morgan fingerprint density at radius 1 is 1.20 bits per heavy atom. The van der Waals surface area contributed by atoms with Gasteiger partial charge in [-0.3, -0.25) is 0 Å². The van der Waals surface area contributed by atoms with E-state index in [0.29, 0.717) is 0 Å². The van der Waals surface area contributed by atoms with Gasteiger partial charge in [0.15, 0.2) is 0 Å². The monoisotopic (exact) mass is 207 g/mol. The summed E-state index contributed by atoms with van der Waals surface area (Å²) in [6, 6.07) is 0. The third kappa shape index (κ3) is 2.27. The normalized spacial score (nSPS) is 17.8. The maximum absolute atomic E-state index is 10.2. The molecule has 0 bridgehead atoms. The van der Waals surface area contributed by atoms with Crippen LogP contribution >= 0.6 is 0 Å². The van der Waals surface area contributed by atoms with E-state index in [0.717, 1.165) is 32.0 Å². The lowest BCUT2D eigenvalue weighted by molar-refractivity contribution is 0.312. The van der Waals surface area contributed by atoms with Gasteiger partial charge >= 0.3 is 0 Å². The lowest BCUT2D eigenvalue weighted by Crippen LogP contribution is -2.44. The molecule has 0 atom stereocenters. The molecule has 1 aliphatic rings. The van der Waals surface area contributed by atoms with Crippen molar-refractivity contribution in [2.24, 2.45) is 5.18 Å². The smallest absolute Gasteiger partial charge is 0.215 e. The SMILES string of the molecule is CN1CCN(c2cnc(N=O)cn2)CC1. The summed E-state index contributed by atoms with van der Waals surface area (Å²) < 4.78 is 0. The van der Waals surface area contributed by atoms with Crippen molar-refractivity contribution in [2.45, 2.75) is 0 Å². The molecular weight excluding hydrogens is 194 g/mol. The van der Waals surface area contributed by atoms with Crippen molar-refractivity contribution in [3.8, 4) is 0 Å². The minimum atomic E-state index is 0.132. The molecule has 1 fully saturated rings. The van der Waals surface area contributed by atoms with E-state index in [-0.39, 0.29) is 5.82 Å². The van der Waals surface area contributed by atoms with Crippen molar-refractivity contribution in [3.63, 3.8) is 0 Å². The van der Waals surface area contributed by atoms with Gasteiger partial charge in [0.2, 0.25) is 5.82 Å². The van der Waals surface area contributed by atoms with E-state index in [1.807, 2.05) is 0 Å². The maximum atomic E-state index is 10.2. The molecule has 0 saturated carbocycles. The third-order valence-corrected chi connectivity index (χ3v) is 2.55. The van der Waals surface area contributed by atoms with Crippen molar-refractivity contribution in [3.05, 3.63) is 17.3 Å². The van der Waals surface area contributed by atoms with E-state index in [9.17, 15) is 4.91 Å². The first-order chi connectivity index (χ1) is 7.29. The summed E-state index contributed by atoms with van der Waals surface area (Å²) in [5, 5.41) is 2.72. The second kappa shape index (κ2) is 4.31. The van der Waals surface area contributed by atoms with E-state index in [1.165, 1.54) is 6.20 Å². The van der Waals surface area contributed by atoms with Crippen LogP contribution in [-0.4, -0.2) is 48.1 Å². The Morgan fingerprint density at radius 2 is 1.93 bits per heavy atom. The predicted octanol–water partition coefficient (Wildman–Crippen LogP) is 0.626. The van der Waals surface area contributed by atoms with Crippen LogP contribution in [0, 0.1) is 4.91 Å². The first-order valence-corrected chi connectivity index (χ1v) is 4.88. The molecule has 15 heavy (non-hydrogen) atoms. The molecule has 0 radical (unpaired) electrons. The molecule has 80 valence electrons. The Balaban J connectivity index is 2.06. The average molecular weight is 207 g/mol. The van der Waals surface area contributed by atoms with E-state index in [4.69, 9.17) is 0 Å². The molecule has 1 aliphatic heterocycles. The number of nitrogens with zero attached hydrogens (tertiary/aromatic N) is 5. The van der Waals surface area contributed by atoms with Gasteiger partial charge in [0.1, 0.15) is 5.82 Å². The van der Waals surface area contributed by atoms with Gasteiger partial charge in [-0.25, -0.2) is 9.97 Å². The van der Waals surface area contributed by atoms with Gasteiger partial charge in [0.05, 0.1) is 12.4 Å². The molecule has 6 heteroatoms. The highest BCUT2D eigenvalue weighted by Crippen LogP contribution is 2.13. The van der Waals surface area contributed by atoms with E-state index < -0.39 is 0 Å². The number of likely N-dealkylation sites (N-methyl/N-ethyl adjacent to an activating group) is 1. The molecule has 1 aromatic heterocycles. The van der Waals surface area contributed by atoms with Crippen LogP contribution in [0.2, 0.25) is 0 Å². The van der Waals surface area contributed by atoms with Crippen LogP contribution in [0.25, 0.3) is 0 Å². The molecule has 6 nitrogen and oxygen atoms in total. The van der Waals surface area contributed by atoms with Gasteiger partial charge in [-0.2, -0.15) is 0 Å². The van der Waals surface area contributed by atoms with Crippen LogP contribution in [0.5, 0.6) is 0 Å². The molecule has 0 aromatic carbocycles. The summed E-state index contributed by atoms with van der Waals surface area (Å²) in [5.74, 6) is 0.948. The van der Waals surface area contributed by atoms with Gasteiger partial charge in [-0.1, -0.05) is 0 Å². The van der Waals surface area contributed by atoms with E-state index in [2.05, 4.69) is 32.0 Å². The quantitative estimate of drug-likeness (QED) is 0.665. The zero-order valence-corrected chi connectivity index (χ0v) is 8.63. The fraction of sp³-hybridized carbons (Fsp3) is 0.556. The summed E-state index contributed by atoms with van der Waals surface area (Å²) in [5.41, 5.74) is 0. The van der Waals surface area contributed by atoms with Crippen LogP contribution in [0.4, 0.5) is 11.6 Å². The molecular formula is C9H13N5O. The molecule has 2 heterocycles. The Kier molecular flexibility index (Phi) is 2.86. The number of piperazine rings is 1. The number of aromatic nitrogens is 2. The molecule has 0 aliphatic carbocycles. The van der Waals surface area contributed by atoms with Crippen LogP contribution in [0.15, 0.2) is 17.6 Å². The maximum Gasteiger partial charge on any atom is 0.215 e. The lowest BCUT2D eigenvalue weighted by atomic mass is 10.3. The minimum absolute atomic E-state index is 0.132. The van der Waals surface area contributed by atoms with Crippen LogP contribution < -0.4 is 4.90 Å². The van der Waals surface area contributed by atoms with Crippen molar-refractivity contribution in [1.29, 1.82) is 0 Å². The van der Waals surface area contributed by atoms with Gasteiger partial charge < -0.3 is 9.80 Å². The Bertz CT molecular complexity index is 331. The van der Waals surface area contributed by atoms with Crippen LogP contribution in [0.3, 0.4) is 0 Å². The fourth-order valence-electron chi connectivity index (χ4n) is 1.56. The summed E-state index contributed by atoms with van der Waals surface area (Å²) in [6.07, 6.45) is 3.00. The highest BCUT2D eigenvalue weighted by atomic mass is 16.3. The fourth-order valence-corrected chi connectivity index (χ4v) is 1.56. The van der Waals surface area contributed by atoms with Crippen LogP contribution in [0.1, 0.15) is 0 Å². The molecule has 0 unspecified atom stereocenters. The summed E-state index contributed by atoms with van der Waals surface area (Å²) in [7, 11) is 2.10. The Hall–Kier alpha value is -1.56. The predicted molar refractivity (Wildman–Crippen MR) is 57.2 cm³/mol. The molecule has 2 rings (SSSR count). The molecule has 0 N–H and O–H groups in total. The molecule has 0 amide bonds. The second-order valence-corrected chi connectivity index (χ2v) is 3.61. The number of anilines is 1. The van der Waals surface area contributed by atoms with E-state index >= 15 is 0 Å². The minimum Gasteiger partial charge on any atom is -0.353 e. The van der Waals surface area contributed by atoms with Crippen molar-refractivity contribution < 1.29 is 0 Å². The zero-order valence-electron chi connectivity index (χ0n) is 8.63. The second-order valence-electron chi connectivity index (χ2n) is 3.61. The number of rotatable bonds is 2. The Morgan fingerprint density at radius 3 is 2.47 bits per heavy atom. The largest absolute Gasteiger partial charge is 0.353 e. The van der Waals surface area contributed by atoms with Gasteiger partial charge in [0.25, 0.3) is 0 Å². The van der Waals surface area contributed by atoms with Gasteiger partial charge in [-0.05, 0) is 12.2 Å². The van der Waals surface area contributed by atoms with E-state index in [1.54, 1.807) is 6.20 Å². The number of hydrogen-bond donors (Lipinski definition) is 0. The van der Waals surface area contributed by atoms with Gasteiger partial charge in [-0.15, -0.1) is 4.91 Å². The summed E-state index contributed by atoms with van der Waals surface area (Å²) in [6.45, 7) is 3.93. The number of hydrogen-bond acceptors (Lipinski definition) is 6. The topological polar surface area (TPSA) is 61.7 Å². The molecule has 1 saturated heterocycles. The average Bonchev–Trinajstić information content (AvgIpc) is 2.30. The van der Waals surface area contributed by atoms with Gasteiger partial charge in [0, 0.05) is 26.2 Å². The summed E-state index contributed by atoms with van der Waals surface area (Å²) in [4.78, 5) is 22.6. The molecule has 1 aromatic rings. The van der Waals surface area contributed by atoms with Crippen molar-refractivity contribution in [2.75, 3.05) is 38.1 Å². The Labute approximate surface area is 87.9 Å². The number of nitroso groups, excluding NO2 is 1. The highest BCUT2D eigenvalue weighted by Gasteiger charge is 2.15. The lowest BCUT2D eigenvalue weighted by Gasteiger charge is -2.32. The van der Waals surface area contributed by atoms with Crippen molar-refractivity contribution in [1.82, 2.24) is 14.9 Å². The first-order valence-electron chi connectivity index (χ1n) is 4.88. The zero-order chi connectivity index (χ0) is 10.7. The third-order valence-electron chi connectivity index (χ3n) is 2.55. The first kappa shape index (κ1) is 9.97. The standard InChI is InChI=1S/C9H13N5O/c1-13-2-4-14(5-3-13)9-7-10-8(12-15)6-11-9/h6-7H,2-5H2,1H3. The molecule has 0 spiro atoms.